The van der Waals surface area contributed by atoms with Crippen LogP contribution in [0.2, 0.25) is 0 Å². The SMILES string of the molecule is CNCCCCCCOCCc1cccs1. The summed E-state index contributed by atoms with van der Waals surface area (Å²) in [6.45, 7) is 2.93. The third kappa shape index (κ3) is 6.99. The molecule has 0 aliphatic carbocycles. The quantitative estimate of drug-likeness (QED) is 0.636. The Morgan fingerprint density at radius 3 is 2.81 bits per heavy atom. The highest BCUT2D eigenvalue weighted by Gasteiger charge is 1.94. The van der Waals surface area contributed by atoms with Gasteiger partial charge in [-0.2, -0.15) is 0 Å². The summed E-state index contributed by atoms with van der Waals surface area (Å²) in [5.41, 5.74) is 0. The van der Waals surface area contributed by atoms with Crippen LogP contribution in [0.25, 0.3) is 0 Å². The van der Waals surface area contributed by atoms with Crippen LogP contribution in [0.3, 0.4) is 0 Å². The van der Waals surface area contributed by atoms with Gasteiger partial charge in [0, 0.05) is 17.9 Å². The van der Waals surface area contributed by atoms with Crippen molar-refractivity contribution in [1.29, 1.82) is 0 Å². The Balaban J connectivity index is 1.78. The van der Waals surface area contributed by atoms with E-state index >= 15 is 0 Å². The molecule has 0 saturated heterocycles. The lowest BCUT2D eigenvalue weighted by Crippen LogP contribution is -2.07. The molecule has 0 amide bonds. The van der Waals surface area contributed by atoms with Gasteiger partial charge in [0.2, 0.25) is 0 Å². The van der Waals surface area contributed by atoms with E-state index in [2.05, 4.69) is 22.8 Å². The van der Waals surface area contributed by atoms with Crippen molar-refractivity contribution in [2.24, 2.45) is 0 Å². The number of ether oxygens (including phenoxy) is 1. The molecule has 1 aromatic rings. The fourth-order valence-corrected chi connectivity index (χ4v) is 2.28. The van der Waals surface area contributed by atoms with Crippen LogP contribution in [0.4, 0.5) is 0 Å². The Hall–Kier alpha value is -0.380. The molecule has 2 nitrogen and oxygen atoms in total. The zero-order valence-corrected chi connectivity index (χ0v) is 11.0. The van der Waals surface area contributed by atoms with Crippen molar-refractivity contribution in [3.05, 3.63) is 22.4 Å². The number of nitrogens with one attached hydrogen (secondary N) is 1. The summed E-state index contributed by atoms with van der Waals surface area (Å²) in [5, 5.41) is 5.29. The van der Waals surface area contributed by atoms with Gasteiger partial charge in [-0.05, 0) is 37.9 Å². The van der Waals surface area contributed by atoms with Gasteiger partial charge in [-0.1, -0.05) is 18.9 Å². The average Bonchev–Trinajstić information content (AvgIpc) is 2.80. The molecule has 3 heteroatoms. The molecule has 1 aromatic heterocycles. The minimum absolute atomic E-state index is 0.872. The summed E-state index contributed by atoms with van der Waals surface area (Å²) in [4.78, 5) is 1.43. The van der Waals surface area contributed by atoms with Gasteiger partial charge in [0.1, 0.15) is 0 Å². The lowest BCUT2D eigenvalue weighted by molar-refractivity contribution is 0.133. The standard InChI is InChI=1S/C13H23NOS/c1-14-9-4-2-3-5-10-15-11-8-13-7-6-12-16-13/h6-7,12,14H,2-5,8-11H2,1H3. The lowest BCUT2D eigenvalue weighted by Gasteiger charge is -2.03. The van der Waals surface area contributed by atoms with Crippen LogP contribution in [0, 0.1) is 0 Å². The Morgan fingerprint density at radius 1 is 1.19 bits per heavy atom. The first-order chi connectivity index (χ1) is 7.93. The van der Waals surface area contributed by atoms with Gasteiger partial charge >= 0.3 is 0 Å². The second kappa shape index (κ2) is 9.82. The summed E-state index contributed by atoms with van der Waals surface area (Å²) < 4.78 is 5.60. The van der Waals surface area contributed by atoms with Crippen LogP contribution < -0.4 is 5.32 Å². The fourth-order valence-electron chi connectivity index (χ4n) is 1.59. The van der Waals surface area contributed by atoms with Crippen LogP contribution in [-0.2, 0) is 11.2 Å². The Labute approximate surface area is 103 Å². The molecule has 0 aromatic carbocycles. The number of unbranched alkanes of at least 4 members (excludes halogenated alkanes) is 3. The molecule has 0 aliphatic rings. The third-order valence-electron chi connectivity index (χ3n) is 2.54. The predicted octanol–water partition coefficient (Wildman–Crippen LogP) is 3.09. The van der Waals surface area contributed by atoms with E-state index in [1.807, 2.05) is 18.4 Å². The van der Waals surface area contributed by atoms with E-state index in [9.17, 15) is 0 Å². The summed E-state index contributed by atoms with van der Waals surface area (Å²) in [6, 6.07) is 4.27. The number of hydrogen-bond donors (Lipinski definition) is 1. The zero-order chi connectivity index (χ0) is 11.5. The van der Waals surface area contributed by atoms with Gasteiger partial charge in [-0.25, -0.2) is 0 Å². The highest BCUT2D eigenvalue weighted by molar-refractivity contribution is 7.09. The van der Waals surface area contributed by atoms with Crippen LogP contribution in [-0.4, -0.2) is 26.8 Å². The fraction of sp³-hybridized carbons (Fsp3) is 0.692. The van der Waals surface area contributed by atoms with Crippen molar-refractivity contribution in [2.45, 2.75) is 32.1 Å². The van der Waals surface area contributed by atoms with Crippen molar-refractivity contribution in [3.8, 4) is 0 Å². The Kier molecular flexibility index (Phi) is 8.40. The van der Waals surface area contributed by atoms with E-state index in [0.29, 0.717) is 0 Å². The first kappa shape index (κ1) is 13.7. The third-order valence-corrected chi connectivity index (χ3v) is 3.47. The van der Waals surface area contributed by atoms with Crippen LogP contribution >= 0.6 is 11.3 Å². The molecule has 0 aliphatic heterocycles. The van der Waals surface area contributed by atoms with Crippen molar-refractivity contribution in [1.82, 2.24) is 5.32 Å². The minimum atomic E-state index is 0.872. The highest BCUT2D eigenvalue weighted by Crippen LogP contribution is 2.09. The molecule has 16 heavy (non-hydrogen) atoms. The van der Waals surface area contributed by atoms with E-state index in [4.69, 9.17) is 4.74 Å². The lowest BCUT2D eigenvalue weighted by atomic mass is 10.2. The molecule has 1 N–H and O–H groups in total. The van der Waals surface area contributed by atoms with Crippen LogP contribution in [0.15, 0.2) is 17.5 Å². The van der Waals surface area contributed by atoms with Crippen molar-refractivity contribution < 1.29 is 4.74 Å². The van der Waals surface area contributed by atoms with Gasteiger partial charge < -0.3 is 10.1 Å². The molecule has 0 bridgehead atoms. The molecule has 0 atom stereocenters. The number of thiophene rings is 1. The Bertz CT molecular complexity index is 236. The second-order valence-electron chi connectivity index (χ2n) is 3.96. The van der Waals surface area contributed by atoms with Gasteiger partial charge in [-0.3, -0.25) is 0 Å². The van der Waals surface area contributed by atoms with E-state index in [1.54, 1.807) is 0 Å². The van der Waals surface area contributed by atoms with Crippen LogP contribution in [0.5, 0.6) is 0 Å². The molecule has 1 rings (SSSR count). The highest BCUT2D eigenvalue weighted by atomic mass is 32.1. The first-order valence-electron chi connectivity index (χ1n) is 6.18. The second-order valence-corrected chi connectivity index (χ2v) is 4.99. The van der Waals surface area contributed by atoms with Crippen molar-refractivity contribution in [3.63, 3.8) is 0 Å². The van der Waals surface area contributed by atoms with E-state index in [-0.39, 0.29) is 0 Å². The summed E-state index contributed by atoms with van der Waals surface area (Å²) in [5.74, 6) is 0. The molecule has 92 valence electrons. The van der Waals surface area contributed by atoms with E-state index < -0.39 is 0 Å². The Morgan fingerprint density at radius 2 is 2.06 bits per heavy atom. The van der Waals surface area contributed by atoms with Crippen molar-refractivity contribution >= 4 is 11.3 Å². The maximum absolute atomic E-state index is 5.60. The van der Waals surface area contributed by atoms with E-state index in [0.717, 1.165) is 26.2 Å². The van der Waals surface area contributed by atoms with Crippen molar-refractivity contribution in [2.75, 3.05) is 26.8 Å². The molecule has 0 fully saturated rings. The molecular formula is C13H23NOS. The van der Waals surface area contributed by atoms with Gasteiger partial charge in [0.05, 0.1) is 6.61 Å². The minimum Gasteiger partial charge on any atom is -0.381 e. The monoisotopic (exact) mass is 241 g/mol. The summed E-state index contributed by atoms with van der Waals surface area (Å²) >= 11 is 1.81. The largest absolute Gasteiger partial charge is 0.381 e. The molecular weight excluding hydrogens is 218 g/mol. The van der Waals surface area contributed by atoms with E-state index in [1.165, 1.54) is 30.6 Å². The van der Waals surface area contributed by atoms with Gasteiger partial charge in [0.15, 0.2) is 0 Å². The molecule has 0 radical (unpaired) electrons. The zero-order valence-electron chi connectivity index (χ0n) is 10.2. The average molecular weight is 241 g/mol. The topological polar surface area (TPSA) is 21.3 Å². The predicted molar refractivity (Wildman–Crippen MR) is 71.2 cm³/mol. The number of hydrogen-bond acceptors (Lipinski definition) is 3. The summed E-state index contributed by atoms with van der Waals surface area (Å²) in [7, 11) is 2.01. The first-order valence-corrected chi connectivity index (χ1v) is 7.06. The smallest absolute Gasteiger partial charge is 0.0514 e. The molecule has 0 spiro atoms. The maximum atomic E-state index is 5.60. The normalized spacial score (nSPS) is 10.8. The molecule has 0 unspecified atom stereocenters. The molecule has 0 saturated carbocycles. The summed E-state index contributed by atoms with van der Waals surface area (Å²) in [6.07, 6.45) is 6.16. The molecule has 1 heterocycles. The maximum Gasteiger partial charge on any atom is 0.0514 e. The van der Waals surface area contributed by atoms with Crippen LogP contribution in [0.1, 0.15) is 30.6 Å². The number of rotatable bonds is 10. The van der Waals surface area contributed by atoms with Gasteiger partial charge in [0.25, 0.3) is 0 Å². The van der Waals surface area contributed by atoms with Gasteiger partial charge in [-0.15, -0.1) is 11.3 Å².